The van der Waals surface area contributed by atoms with Crippen molar-refractivity contribution in [3.8, 4) is 0 Å². The Morgan fingerprint density at radius 3 is 2.12 bits per heavy atom. The van der Waals surface area contributed by atoms with E-state index < -0.39 is 0 Å². The molecule has 0 aromatic rings. The number of hydrogen-bond acceptors (Lipinski definition) is 0. The molecule has 0 saturated carbocycles. The predicted octanol–water partition coefficient (Wildman–Crippen LogP) is 1.85. The molecular formula is C7H9Sn. The molecule has 0 unspecified atom stereocenters. The van der Waals surface area contributed by atoms with Gasteiger partial charge in [0.1, 0.15) is 0 Å². The molecule has 0 aromatic carbocycles. The molecule has 3 radical (unpaired) electrons. The van der Waals surface area contributed by atoms with E-state index in [1.165, 1.54) is 6.42 Å². The van der Waals surface area contributed by atoms with Gasteiger partial charge in [-0.2, -0.15) is 0 Å². The van der Waals surface area contributed by atoms with Crippen LogP contribution in [0.4, 0.5) is 0 Å². The SMILES string of the molecule is CC[C]1([Sn])C=CC=C1. The Labute approximate surface area is 63.8 Å². The predicted molar refractivity (Wildman–Crippen MR) is 37.0 cm³/mol. The Kier molecular flexibility index (Phi) is 1.80. The van der Waals surface area contributed by atoms with E-state index in [1.54, 1.807) is 22.5 Å². The second-order valence-corrected chi connectivity index (χ2v) is 4.77. The molecule has 1 aliphatic rings. The molecule has 0 saturated heterocycles. The summed E-state index contributed by atoms with van der Waals surface area (Å²) in [5.74, 6) is 0. The van der Waals surface area contributed by atoms with Gasteiger partial charge in [-0.3, -0.25) is 0 Å². The van der Waals surface area contributed by atoms with Crippen LogP contribution < -0.4 is 0 Å². The average molecular weight is 212 g/mol. The van der Waals surface area contributed by atoms with Crippen LogP contribution in [0.3, 0.4) is 0 Å². The van der Waals surface area contributed by atoms with Gasteiger partial charge in [0.15, 0.2) is 0 Å². The van der Waals surface area contributed by atoms with E-state index in [0.717, 1.165) is 0 Å². The topological polar surface area (TPSA) is 0 Å². The summed E-state index contributed by atoms with van der Waals surface area (Å²) < 4.78 is 0.465. The summed E-state index contributed by atoms with van der Waals surface area (Å²) >= 11 is 1.61. The van der Waals surface area contributed by atoms with Crippen molar-refractivity contribution in [1.29, 1.82) is 0 Å². The monoisotopic (exact) mass is 213 g/mol. The molecule has 0 aromatic heterocycles. The first kappa shape index (κ1) is 6.40. The van der Waals surface area contributed by atoms with Crippen molar-refractivity contribution in [3.63, 3.8) is 0 Å². The summed E-state index contributed by atoms with van der Waals surface area (Å²) in [7, 11) is 0. The van der Waals surface area contributed by atoms with Crippen molar-refractivity contribution < 1.29 is 0 Å². The van der Waals surface area contributed by atoms with Crippen molar-refractivity contribution in [2.45, 2.75) is 16.8 Å². The van der Waals surface area contributed by atoms with Crippen LogP contribution in [0.25, 0.3) is 0 Å². The van der Waals surface area contributed by atoms with E-state index >= 15 is 0 Å². The molecular weight excluding hydrogens is 203 g/mol. The minimum absolute atomic E-state index is 0.465. The van der Waals surface area contributed by atoms with Crippen LogP contribution in [0, 0.1) is 0 Å². The fourth-order valence-corrected chi connectivity index (χ4v) is 1.30. The van der Waals surface area contributed by atoms with Gasteiger partial charge in [-0.25, -0.2) is 0 Å². The minimum atomic E-state index is 0.465. The van der Waals surface area contributed by atoms with Gasteiger partial charge in [-0.1, -0.05) is 0 Å². The first-order valence-electron chi connectivity index (χ1n) is 2.89. The molecule has 0 nitrogen and oxygen atoms in total. The van der Waals surface area contributed by atoms with Crippen LogP contribution in [0.2, 0.25) is 3.43 Å². The first-order valence-corrected chi connectivity index (χ1v) is 4.32. The van der Waals surface area contributed by atoms with E-state index in [4.69, 9.17) is 0 Å². The Morgan fingerprint density at radius 2 is 1.88 bits per heavy atom. The third-order valence-corrected chi connectivity index (χ3v) is 3.44. The quantitative estimate of drug-likeness (QED) is 0.581. The van der Waals surface area contributed by atoms with Gasteiger partial charge < -0.3 is 0 Å². The molecule has 1 rings (SSSR count). The van der Waals surface area contributed by atoms with Crippen LogP contribution in [0.1, 0.15) is 13.3 Å². The molecule has 0 fully saturated rings. The van der Waals surface area contributed by atoms with E-state index in [9.17, 15) is 0 Å². The molecule has 1 heteroatoms. The summed E-state index contributed by atoms with van der Waals surface area (Å²) in [6.45, 7) is 2.23. The summed E-state index contributed by atoms with van der Waals surface area (Å²) in [4.78, 5) is 0. The van der Waals surface area contributed by atoms with Crippen molar-refractivity contribution in [2.75, 3.05) is 0 Å². The average Bonchev–Trinajstić information content (AvgIpc) is 2.17. The zero-order chi connectivity index (χ0) is 6.04. The Bertz CT molecular complexity index is 121. The van der Waals surface area contributed by atoms with Crippen molar-refractivity contribution in [3.05, 3.63) is 24.3 Å². The fraction of sp³-hybridized carbons (Fsp3) is 0.429. The number of rotatable bonds is 1. The van der Waals surface area contributed by atoms with Gasteiger partial charge in [-0.05, 0) is 0 Å². The standard InChI is InChI=1S/C7H9.Sn/c1-2-7-5-3-4-6-7;/h3-6H,2H2,1H3;. The second kappa shape index (κ2) is 2.26. The maximum absolute atomic E-state index is 2.28. The third kappa shape index (κ3) is 1.16. The van der Waals surface area contributed by atoms with Gasteiger partial charge in [0.2, 0.25) is 0 Å². The Morgan fingerprint density at radius 1 is 1.38 bits per heavy atom. The molecule has 0 amide bonds. The van der Waals surface area contributed by atoms with E-state index in [1.807, 2.05) is 0 Å². The maximum atomic E-state index is 2.28. The number of hydrogen-bond donors (Lipinski definition) is 0. The van der Waals surface area contributed by atoms with Crippen LogP contribution in [-0.2, 0) is 0 Å². The molecule has 0 spiro atoms. The van der Waals surface area contributed by atoms with Crippen LogP contribution in [0.15, 0.2) is 24.3 Å². The van der Waals surface area contributed by atoms with Gasteiger partial charge in [0, 0.05) is 0 Å². The van der Waals surface area contributed by atoms with Crippen LogP contribution in [0.5, 0.6) is 0 Å². The summed E-state index contributed by atoms with van der Waals surface area (Å²) in [6, 6.07) is 0. The van der Waals surface area contributed by atoms with E-state index in [2.05, 4.69) is 31.2 Å². The zero-order valence-electron chi connectivity index (χ0n) is 5.02. The van der Waals surface area contributed by atoms with Crippen molar-refractivity contribution >= 4 is 22.5 Å². The van der Waals surface area contributed by atoms with Crippen molar-refractivity contribution in [2.24, 2.45) is 0 Å². The zero-order valence-corrected chi connectivity index (χ0v) is 7.87. The normalized spacial score (nSPS) is 22.2. The van der Waals surface area contributed by atoms with E-state index in [-0.39, 0.29) is 0 Å². The van der Waals surface area contributed by atoms with Gasteiger partial charge in [0.05, 0.1) is 0 Å². The molecule has 0 atom stereocenters. The third-order valence-electron chi connectivity index (χ3n) is 1.48. The van der Waals surface area contributed by atoms with Crippen LogP contribution >= 0.6 is 0 Å². The molecule has 0 N–H and O–H groups in total. The molecule has 1 aliphatic carbocycles. The molecule has 0 heterocycles. The first-order chi connectivity index (χ1) is 3.77. The molecule has 0 bridgehead atoms. The molecule has 41 valence electrons. The Balaban J connectivity index is 2.69. The van der Waals surface area contributed by atoms with E-state index in [0.29, 0.717) is 3.43 Å². The fourth-order valence-electron chi connectivity index (χ4n) is 0.746. The summed E-state index contributed by atoms with van der Waals surface area (Å²) in [5, 5.41) is 0. The summed E-state index contributed by atoms with van der Waals surface area (Å²) in [6.07, 6.45) is 10.1. The number of allylic oxidation sites excluding steroid dienone is 4. The van der Waals surface area contributed by atoms with Crippen molar-refractivity contribution in [1.82, 2.24) is 0 Å². The van der Waals surface area contributed by atoms with Gasteiger partial charge in [0.25, 0.3) is 0 Å². The van der Waals surface area contributed by atoms with Gasteiger partial charge >= 0.3 is 63.6 Å². The van der Waals surface area contributed by atoms with Gasteiger partial charge in [-0.15, -0.1) is 0 Å². The molecule has 0 aliphatic heterocycles. The Hall–Kier alpha value is 0.279. The second-order valence-electron chi connectivity index (χ2n) is 2.11. The van der Waals surface area contributed by atoms with Crippen LogP contribution in [-0.4, -0.2) is 22.5 Å². The summed E-state index contributed by atoms with van der Waals surface area (Å²) in [5.41, 5.74) is 0. The molecule has 8 heavy (non-hydrogen) atoms.